The highest BCUT2D eigenvalue weighted by Crippen LogP contribution is 2.30. The molecule has 140 valence electrons. The van der Waals surface area contributed by atoms with E-state index < -0.39 is 11.2 Å². The molecular formula is C16H16N6O4S. The molecule has 1 amide bonds. The molecular weight excluding hydrogens is 372 g/mol. The molecule has 6 N–H and O–H groups in total. The smallest absolute Gasteiger partial charge is 0.339 e. The number of carbonyl (C=O) groups is 2. The van der Waals surface area contributed by atoms with Crippen LogP contribution in [0, 0.1) is 0 Å². The first kappa shape index (κ1) is 18.5. The third-order valence-corrected chi connectivity index (χ3v) is 5.03. The number of hydrogen-bond acceptors (Lipinski definition) is 8. The van der Waals surface area contributed by atoms with Crippen molar-refractivity contribution in [1.29, 1.82) is 0 Å². The first-order valence-corrected chi connectivity index (χ1v) is 8.77. The van der Waals surface area contributed by atoms with Crippen LogP contribution in [-0.4, -0.2) is 47.3 Å². The number of thioether (sulfide) groups is 1. The largest absolute Gasteiger partial charge is 0.507 e. The van der Waals surface area contributed by atoms with Crippen molar-refractivity contribution in [2.45, 2.75) is 23.6 Å². The number of amides is 1. The minimum Gasteiger partial charge on any atom is -0.507 e. The number of aromatic amines is 1. The number of carboxylic acids is 1. The van der Waals surface area contributed by atoms with Crippen LogP contribution in [0.2, 0.25) is 0 Å². The maximum Gasteiger partial charge on any atom is 0.339 e. The average molecular weight is 388 g/mol. The summed E-state index contributed by atoms with van der Waals surface area (Å²) in [5.74, 6) is -1.95. The van der Waals surface area contributed by atoms with Gasteiger partial charge in [0, 0.05) is 5.69 Å². The molecule has 1 atom stereocenters. The number of H-pyrrole nitrogens is 1. The van der Waals surface area contributed by atoms with Crippen LogP contribution in [0.25, 0.3) is 11.2 Å². The molecule has 2 heterocycles. The number of imidazole rings is 1. The van der Waals surface area contributed by atoms with Crippen molar-refractivity contribution in [3.05, 3.63) is 30.1 Å². The zero-order valence-corrected chi connectivity index (χ0v) is 14.9. The summed E-state index contributed by atoms with van der Waals surface area (Å²) in [6.45, 7) is 1.84. The van der Waals surface area contributed by atoms with Gasteiger partial charge in [-0.3, -0.25) is 4.79 Å². The monoisotopic (exact) mass is 388 g/mol. The molecule has 0 bridgehead atoms. The Balaban J connectivity index is 1.81. The summed E-state index contributed by atoms with van der Waals surface area (Å²) in [7, 11) is 0. The summed E-state index contributed by atoms with van der Waals surface area (Å²) >= 11 is 1.20. The number of benzene rings is 1. The van der Waals surface area contributed by atoms with Gasteiger partial charge in [-0.2, -0.15) is 4.98 Å². The maximum absolute atomic E-state index is 12.6. The Morgan fingerprint density at radius 1 is 1.37 bits per heavy atom. The van der Waals surface area contributed by atoms with Gasteiger partial charge < -0.3 is 26.2 Å². The fourth-order valence-corrected chi connectivity index (χ4v) is 3.39. The molecule has 27 heavy (non-hydrogen) atoms. The molecule has 0 radical (unpaired) electrons. The highest BCUT2D eigenvalue weighted by atomic mass is 32.2. The van der Waals surface area contributed by atoms with Crippen molar-refractivity contribution in [2.75, 3.05) is 11.1 Å². The molecule has 3 rings (SSSR count). The van der Waals surface area contributed by atoms with E-state index in [0.29, 0.717) is 22.6 Å². The fourth-order valence-electron chi connectivity index (χ4n) is 2.37. The minimum atomic E-state index is -1.29. The highest BCUT2D eigenvalue weighted by Gasteiger charge is 2.22. The van der Waals surface area contributed by atoms with Crippen molar-refractivity contribution in [3.63, 3.8) is 0 Å². The lowest BCUT2D eigenvalue weighted by molar-refractivity contribution is -0.115. The van der Waals surface area contributed by atoms with Crippen LogP contribution < -0.4 is 11.1 Å². The Morgan fingerprint density at radius 2 is 2.15 bits per heavy atom. The Hall–Kier alpha value is -3.34. The number of carbonyl (C=O) groups excluding carboxylic acids is 1. The first-order chi connectivity index (χ1) is 12.9. The van der Waals surface area contributed by atoms with Gasteiger partial charge in [0.25, 0.3) is 0 Å². The predicted octanol–water partition coefficient (Wildman–Crippen LogP) is 1.85. The maximum atomic E-state index is 12.6. The number of hydrogen-bond donors (Lipinski definition) is 5. The van der Waals surface area contributed by atoms with E-state index >= 15 is 0 Å². The quantitative estimate of drug-likeness (QED) is 0.240. The van der Waals surface area contributed by atoms with Crippen LogP contribution >= 0.6 is 11.8 Å². The van der Waals surface area contributed by atoms with Gasteiger partial charge in [0.15, 0.2) is 5.65 Å². The van der Waals surface area contributed by atoms with Crippen LogP contribution in [0.15, 0.2) is 29.6 Å². The molecule has 0 saturated heterocycles. The molecule has 0 aliphatic rings. The molecule has 0 fully saturated rings. The zero-order chi connectivity index (χ0) is 19.6. The topological polar surface area (TPSA) is 167 Å². The van der Waals surface area contributed by atoms with Crippen LogP contribution in [0.1, 0.15) is 23.7 Å². The molecule has 0 aliphatic heterocycles. The Morgan fingerprint density at radius 3 is 2.85 bits per heavy atom. The third-order valence-electron chi connectivity index (χ3n) is 3.68. The minimum absolute atomic E-state index is 0.0528. The number of nitrogens with two attached hydrogens (primary N) is 1. The van der Waals surface area contributed by atoms with E-state index in [0.717, 1.165) is 0 Å². The second-order valence-corrected chi connectivity index (χ2v) is 6.72. The zero-order valence-electron chi connectivity index (χ0n) is 14.1. The molecule has 11 heteroatoms. The van der Waals surface area contributed by atoms with Gasteiger partial charge in [-0.25, -0.2) is 14.8 Å². The van der Waals surface area contributed by atoms with E-state index in [1.54, 1.807) is 0 Å². The number of nitrogen functional groups attached to an aromatic ring is 1. The normalized spacial score (nSPS) is 12.0. The third kappa shape index (κ3) is 3.92. The summed E-state index contributed by atoms with van der Waals surface area (Å²) in [4.78, 5) is 38.9. The molecule has 1 aromatic carbocycles. The summed E-state index contributed by atoms with van der Waals surface area (Å²) in [6.07, 6.45) is 1.95. The molecule has 0 aliphatic carbocycles. The van der Waals surface area contributed by atoms with Gasteiger partial charge in [-0.1, -0.05) is 18.7 Å². The number of aromatic carboxylic acids is 1. The number of rotatable bonds is 6. The summed E-state index contributed by atoms with van der Waals surface area (Å²) in [5, 5.41) is 21.3. The number of nitrogens with zero attached hydrogens (tertiary/aromatic N) is 3. The van der Waals surface area contributed by atoms with Gasteiger partial charge in [-0.15, -0.1) is 0 Å². The van der Waals surface area contributed by atoms with Gasteiger partial charge >= 0.3 is 5.97 Å². The van der Waals surface area contributed by atoms with Crippen LogP contribution in [0.3, 0.4) is 0 Å². The van der Waals surface area contributed by atoms with E-state index in [9.17, 15) is 14.7 Å². The summed E-state index contributed by atoms with van der Waals surface area (Å²) in [5.41, 5.74) is 6.65. The number of aromatic hydroxyl groups is 1. The second kappa shape index (κ2) is 7.50. The Bertz CT molecular complexity index is 1020. The van der Waals surface area contributed by atoms with Crippen LogP contribution in [0.4, 0.5) is 11.6 Å². The number of fused-ring (bicyclic) bond motifs is 1. The summed E-state index contributed by atoms with van der Waals surface area (Å²) < 4.78 is 0. The standard InChI is InChI=1S/C16H16N6O4S/c1-2-10(27-14-11-12(19-6-18-11)21-16(17)22-14)13(24)20-7-3-4-9(23)8(5-7)15(25)26/h3-6,10,23H,2H2,1H3,(H,20,24)(H,25,26)(H3,17,18,19,21,22)/t10-/m0/s1. The fraction of sp³-hybridized carbons (Fsp3) is 0.188. The van der Waals surface area contributed by atoms with Gasteiger partial charge in [0.1, 0.15) is 21.9 Å². The van der Waals surface area contributed by atoms with Gasteiger partial charge in [0.2, 0.25) is 11.9 Å². The SMILES string of the molecule is CC[C@H](Sc1nc(N)nc2nc[nH]c12)C(=O)Nc1ccc(O)c(C(=O)O)c1. The number of carboxylic acid groups (broad SMARTS) is 1. The number of anilines is 2. The molecule has 0 spiro atoms. The van der Waals surface area contributed by atoms with Gasteiger partial charge in [-0.05, 0) is 24.6 Å². The van der Waals surface area contributed by atoms with Gasteiger partial charge in [0.05, 0.1) is 11.6 Å². The van der Waals surface area contributed by atoms with E-state index in [1.165, 1.54) is 36.3 Å². The highest BCUT2D eigenvalue weighted by molar-refractivity contribution is 8.00. The molecule has 0 saturated carbocycles. The van der Waals surface area contributed by atoms with Crippen molar-refractivity contribution >= 4 is 46.4 Å². The van der Waals surface area contributed by atoms with E-state index in [1.807, 2.05) is 6.92 Å². The molecule has 2 aromatic heterocycles. The molecule has 0 unspecified atom stereocenters. The van der Waals surface area contributed by atoms with Crippen molar-refractivity contribution in [2.24, 2.45) is 0 Å². The lowest BCUT2D eigenvalue weighted by atomic mass is 10.1. The van der Waals surface area contributed by atoms with Crippen LogP contribution in [-0.2, 0) is 4.79 Å². The Kier molecular flexibility index (Phi) is 5.12. The predicted molar refractivity (Wildman–Crippen MR) is 99.7 cm³/mol. The second-order valence-electron chi connectivity index (χ2n) is 5.53. The molecule has 3 aromatic rings. The average Bonchev–Trinajstić information content (AvgIpc) is 3.09. The lowest BCUT2D eigenvalue weighted by Crippen LogP contribution is -2.25. The van der Waals surface area contributed by atoms with E-state index in [4.69, 9.17) is 10.8 Å². The lowest BCUT2D eigenvalue weighted by Gasteiger charge is -2.15. The first-order valence-electron chi connectivity index (χ1n) is 7.89. The van der Waals surface area contributed by atoms with Crippen molar-refractivity contribution in [3.8, 4) is 5.75 Å². The van der Waals surface area contributed by atoms with E-state index in [2.05, 4.69) is 25.3 Å². The molecule has 10 nitrogen and oxygen atoms in total. The number of phenols is 1. The summed E-state index contributed by atoms with van der Waals surface area (Å²) in [6, 6.07) is 3.84. The Labute approximate surface area is 157 Å². The number of nitrogens with one attached hydrogen (secondary N) is 2. The number of aromatic nitrogens is 4. The van der Waals surface area contributed by atoms with Crippen molar-refractivity contribution < 1.29 is 19.8 Å². The van der Waals surface area contributed by atoms with Crippen LogP contribution in [0.5, 0.6) is 5.75 Å². The van der Waals surface area contributed by atoms with E-state index in [-0.39, 0.29) is 28.9 Å². The van der Waals surface area contributed by atoms with Crippen molar-refractivity contribution in [1.82, 2.24) is 19.9 Å².